The van der Waals surface area contributed by atoms with Gasteiger partial charge in [0.2, 0.25) is 6.79 Å². The van der Waals surface area contributed by atoms with E-state index in [9.17, 15) is 0 Å². The molecule has 0 saturated carbocycles. The Labute approximate surface area is 159 Å². The summed E-state index contributed by atoms with van der Waals surface area (Å²) in [5.74, 6) is 2.54. The van der Waals surface area contributed by atoms with E-state index < -0.39 is 0 Å². The van der Waals surface area contributed by atoms with Gasteiger partial charge in [-0.2, -0.15) is 0 Å². The summed E-state index contributed by atoms with van der Waals surface area (Å²) in [6, 6.07) is 8.12. The van der Waals surface area contributed by atoms with E-state index in [4.69, 9.17) is 14.5 Å². The molecule has 0 bridgehead atoms. The van der Waals surface area contributed by atoms with Gasteiger partial charge in [-0.1, -0.05) is 6.92 Å². The zero-order valence-corrected chi connectivity index (χ0v) is 16.4. The molecular formula is C20H24ClN3O2. The highest BCUT2D eigenvalue weighted by atomic mass is 35.5. The Kier molecular flexibility index (Phi) is 5.01. The summed E-state index contributed by atoms with van der Waals surface area (Å²) in [6.07, 6.45) is 2.98. The number of halogens is 1. The fraction of sp³-hybridized carbons (Fsp3) is 0.350. The molecule has 3 aromatic rings. The van der Waals surface area contributed by atoms with Gasteiger partial charge in [0.05, 0.1) is 5.52 Å². The van der Waals surface area contributed by atoms with Gasteiger partial charge in [0, 0.05) is 42.6 Å². The number of fused-ring (bicyclic) bond motifs is 2. The maximum atomic E-state index is 5.52. The van der Waals surface area contributed by atoms with Gasteiger partial charge in [0.1, 0.15) is 0 Å². The summed E-state index contributed by atoms with van der Waals surface area (Å²) in [5.41, 5.74) is 4.86. The standard InChI is InChI=1S/C20H23N3O2.ClH/c1-5-10-23-14(3)13(2)16-8-9-21-20(19(16)23)22(4)15-6-7-17-18(11-15)25-12-24-17;/h6-9,11H,5,10,12H2,1-4H3;1H. The minimum Gasteiger partial charge on any atom is -0.454 e. The molecule has 0 aliphatic carbocycles. The second-order valence-corrected chi connectivity index (χ2v) is 6.49. The van der Waals surface area contributed by atoms with Gasteiger partial charge in [0.15, 0.2) is 17.3 Å². The normalized spacial score (nSPS) is 12.3. The molecule has 5 nitrogen and oxygen atoms in total. The Hall–Kier alpha value is -2.40. The summed E-state index contributed by atoms with van der Waals surface area (Å²) in [7, 11) is 2.05. The maximum Gasteiger partial charge on any atom is 0.231 e. The zero-order valence-electron chi connectivity index (χ0n) is 15.6. The van der Waals surface area contributed by atoms with Gasteiger partial charge >= 0.3 is 0 Å². The number of pyridine rings is 1. The average Bonchev–Trinajstić information content (AvgIpc) is 3.19. The number of aromatic nitrogens is 2. The molecule has 4 rings (SSSR count). The molecule has 6 heteroatoms. The highest BCUT2D eigenvalue weighted by molar-refractivity contribution is 5.95. The van der Waals surface area contributed by atoms with Crippen molar-refractivity contribution in [3.63, 3.8) is 0 Å². The minimum absolute atomic E-state index is 0. The minimum atomic E-state index is 0. The molecule has 0 amide bonds. The van der Waals surface area contributed by atoms with E-state index in [1.165, 1.54) is 22.2 Å². The molecule has 2 aromatic heterocycles. The first-order valence-corrected chi connectivity index (χ1v) is 8.69. The van der Waals surface area contributed by atoms with Gasteiger partial charge in [-0.3, -0.25) is 0 Å². The van der Waals surface area contributed by atoms with Crippen molar-refractivity contribution in [1.82, 2.24) is 9.55 Å². The quantitative estimate of drug-likeness (QED) is 0.646. The SMILES string of the molecule is CCCn1c(C)c(C)c2ccnc(N(C)c3ccc4c(c3)OCO4)c21.Cl. The second kappa shape index (κ2) is 7.08. The zero-order chi connectivity index (χ0) is 17.6. The van der Waals surface area contributed by atoms with Crippen molar-refractivity contribution in [2.24, 2.45) is 0 Å². The molecule has 0 unspecified atom stereocenters. The van der Waals surface area contributed by atoms with Crippen LogP contribution in [0.4, 0.5) is 11.5 Å². The summed E-state index contributed by atoms with van der Waals surface area (Å²) in [6.45, 7) is 7.86. The van der Waals surface area contributed by atoms with Crippen molar-refractivity contribution in [3.05, 3.63) is 41.7 Å². The van der Waals surface area contributed by atoms with Crippen LogP contribution in [0.25, 0.3) is 10.9 Å². The van der Waals surface area contributed by atoms with E-state index in [1.54, 1.807) is 0 Å². The second-order valence-electron chi connectivity index (χ2n) is 6.49. The molecule has 3 heterocycles. The van der Waals surface area contributed by atoms with Crippen LogP contribution in [0.1, 0.15) is 24.6 Å². The summed E-state index contributed by atoms with van der Waals surface area (Å²) < 4.78 is 13.3. The molecule has 1 aliphatic heterocycles. The molecule has 0 spiro atoms. The van der Waals surface area contributed by atoms with E-state index in [1.807, 2.05) is 31.4 Å². The van der Waals surface area contributed by atoms with Gasteiger partial charge < -0.3 is 18.9 Å². The molecule has 26 heavy (non-hydrogen) atoms. The lowest BCUT2D eigenvalue weighted by atomic mass is 10.2. The fourth-order valence-corrected chi connectivity index (χ4v) is 3.54. The van der Waals surface area contributed by atoms with Crippen LogP contribution in [0.3, 0.4) is 0 Å². The first kappa shape index (κ1) is 18.4. The first-order valence-electron chi connectivity index (χ1n) is 8.69. The van der Waals surface area contributed by atoms with Crippen molar-refractivity contribution in [1.29, 1.82) is 0 Å². The molecule has 0 atom stereocenters. The molecule has 1 aromatic carbocycles. The number of rotatable bonds is 4. The fourth-order valence-electron chi connectivity index (χ4n) is 3.54. The Morgan fingerprint density at radius 2 is 1.92 bits per heavy atom. The van der Waals surface area contributed by atoms with Crippen LogP contribution in [0.2, 0.25) is 0 Å². The molecule has 1 aliphatic rings. The maximum absolute atomic E-state index is 5.52. The topological polar surface area (TPSA) is 39.5 Å². The summed E-state index contributed by atoms with van der Waals surface area (Å²) >= 11 is 0. The van der Waals surface area contributed by atoms with Crippen molar-refractivity contribution < 1.29 is 9.47 Å². The smallest absolute Gasteiger partial charge is 0.231 e. The summed E-state index contributed by atoms with van der Waals surface area (Å²) in [5, 5.41) is 1.27. The lowest BCUT2D eigenvalue weighted by Gasteiger charge is -2.21. The van der Waals surface area contributed by atoms with Gasteiger partial charge in [0.25, 0.3) is 0 Å². The Morgan fingerprint density at radius 3 is 2.69 bits per heavy atom. The highest BCUT2D eigenvalue weighted by Gasteiger charge is 2.20. The molecule has 0 N–H and O–H groups in total. The van der Waals surface area contributed by atoms with E-state index >= 15 is 0 Å². The lowest BCUT2D eigenvalue weighted by Crippen LogP contribution is -2.13. The number of anilines is 2. The van der Waals surface area contributed by atoms with Crippen LogP contribution >= 0.6 is 12.4 Å². The largest absolute Gasteiger partial charge is 0.454 e. The lowest BCUT2D eigenvalue weighted by molar-refractivity contribution is 0.174. The van der Waals surface area contributed by atoms with Crippen molar-refractivity contribution in [2.45, 2.75) is 33.7 Å². The summed E-state index contributed by atoms with van der Waals surface area (Å²) in [4.78, 5) is 6.83. The molecule has 138 valence electrons. The van der Waals surface area contributed by atoms with Gasteiger partial charge in [-0.25, -0.2) is 4.98 Å². The van der Waals surface area contributed by atoms with Gasteiger partial charge in [-0.05, 0) is 44.0 Å². The number of aryl methyl sites for hydroxylation is 2. The predicted molar refractivity (Wildman–Crippen MR) is 107 cm³/mol. The van der Waals surface area contributed by atoms with E-state index in [-0.39, 0.29) is 19.2 Å². The Morgan fingerprint density at radius 1 is 1.15 bits per heavy atom. The Balaban J connectivity index is 0.00000196. The number of hydrogen-bond acceptors (Lipinski definition) is 4. The monoisotopic (exact) mass is 373 g/mol. The van der Waals surface area contributed by atoms with Crippen LogP contribution < -0.4 is 14.4 Å². The number of benzene rings is 1. The number of ether oxygens (including phenoxy) is 2. The number of nitrogens with zero attached hydrogens (tertiary/aromatic N) is 3. The average molecular weight is 374 g/mol. The van der Waals surface area contributed by atoms with Crippen LogP contribution in [0.5, 0.6) is 11.5 Å². The third-order valence-electron chi connectivity index (χ3n) is 5.03. The molecule has 0 radical (unpaired) electrons. The van der Waals surface area contributed by atoms with Crippen LogP contribution in [-0.2, 0) is 6.54 Å². The van der Waals surface area contributed by atoms with E-state index in [0.717, 1.165) is 36.0 Å². The third-order valence-corrected chi connectivity index (χ3v) is 5.03. The van der Waals surface area contributed by atoms with Crippen molar-refractivity contribution in [3.8, 4) is 11.5 Å². The van der Waals surface area contributed by atoms with Gasteiger partial charge in [-0.15, -0.1) is 12.4 Å². The molecular weight excluding hydrogens is 350 g/mol. The van der Waals surface area contributed by atoms with Crippen molar-refractivity contribution in [2.75, 3.05) is 18.7 Å². The van der Waals surface area contributed by atoms with E-state index in [2.05, 4.69) is 36.3 Å². The van der Waals surface area contributed by atoms with Crippen LogP contribution in [0.15, 0.2) is 30.5 Å². The van der Waals surface area contributed by atoms with Crippen molar-refractivity contribution >= 4 is 34.8 Å². The van der Waals surface area contributed by atoms with Crippen LogP contribution in [0, 0.1) is 13.8 Å². The third kappa shape index (κ3) is 2.76. The molecule has 0 saturated heterocycles. The van der Waals surface area contributed by atoms with E-state index in [0.29, 0.717) is 0 Å². The Bertz CT molecular complexity index is 952. The first-order chi connectivity index (χ1) is 12.1. The predicted octanol–water partition coefficient (Wildman–Crippen LogP) is 4.98. The van der Waals surface area contributed by atoms with Crippen LogP contribution in [-0.4, -0.2) is 23.4 Å². The molecule has 0 fully saturated rings. The number of hydrogen-bond donors (Lipinski definition) is 0. The highest BCUT2D eigenvalue weighted by Crippen LogP contribution is 2.39.